The first-order chi connectivity index (χ1) is 11.5. The number of nitrogens with zero attached hydrogens (tertiary/aromatic N) is 1. The lowest BCUT2D eigenvalue weighted by Crippen LogP contribution is -2.34. The van der Waals surface area contributed by atoms with Gasteiger partial charge in [0.2, 0.25) is 11.8 Å². The van der Waals surface area contributed by atoms with Crippen molar-refractivity contribution in [2.24, 2.45) is 0 Å². The van der Waals surface area contributed by atoms with E-state index >= 15 is 0 Å². The first-order valence-electron chi connectivity index (χ1n) is 7.83. The van der Waals surface area contributed by atoms with Crippen LogP contribution in [0.3, 0.4) is 0 Å². The summed E-state index contributed by atoms with van der Waals surface area (Å²) in [5.74, 6) is 0.180. The maximum Gasteiger partial charge on any atom is 0.221 e. The largest absolute Gasteiger partial charge is 0.467 e. The fraction of sp³-hybridized carbons (Fsp3) is 0.333. The van der Waals surface area contributed by atoms with E-state index in [1.54, 1.807) is 35.4 Å². The average Bonchev–Trinajstić information content (AvgIpc) is 3.06. The van der Waals surface area contributed by atoms with Crippen molar-refractivity contribution in [3.63, 3.8) is 0 Å². The smallest absolute Gasteiger partial charge is 0.221 e. The lowest BCUT2D eigenvalue weighted by Gasteiger charge is -2.19. The molecular weight excluding hydrogens is 311 g/mol. The van der Waals surface area contributed by atoms with Crippen LogP contribution in [0.5, 0.6) is 0 Å². The van der Waals surface area contributed by atoms with Crippen molar-refractivity contribution in [2.45, 2.75) is 26.3 Å². The SMILES string of the molecule is CC(=O)N(CCC(=O)NCCc1ccc(F)cc1)Cc1ccco1. The molecule has 2 aromatic rings. The molecule has 1 heterocycles. The van der Waals surface area contributed by atoms with Crippen LogP contribution in [0.25, 0.3) is 0 Å². The predicted molar refractivity (Wildman–Crippen MR) is 87.5 cm³/mol. The molecule has 0 fully saturated rings. The number of nitrogens with one attached hydrogen (secondary N) is 1. The van der Waals surface area contributed by atoms with Gasteiger partial charge in [0.15, 0.2) is 0 Å². The third-order valence-corrected chi connectivity index (χ3v) is 3.63. The minimum atomic E-state index is -0.274. The van der Waals surface area contributed by atoms with E-state index in [1.807, 2.05) is 0 Å². The summed E-state index contributed by atoms with van der Waals surface area (Å²) in [5.41, 5.74) is 0.958. The summed E-state index contributed by atoms with van der Waals surface area (Å²) < 4.78 is 18.0. The number of carbonyl (C=O) groups excluding carboxylic acids is 2. The van der Waals surface area contributed by atoms with Gasteiger partial charge in [-0.3, -0.25) is 9.59 Å². The molecule has 5 nitrogen and oxygen atoms in total. The minimum Gasteiger partial charge on any atom is -0.467 e. The first kappa shape index (κ1) is 17.7. The van der Waals surface area contributed by atoms with Gasteiger partial charge in [0.25, 0.3) is 0 Å². The van der Waals surface area contributed by atoms with Gasteiger partial charge < -0.3 is 14.6 Å². The molecule has 0 bridgehead atoms. The van der Waals surface area contributed by atoms with Crippen molar-refractivity contribution in [3.05, 3.63) is 59.8 Å². The van der Waals surface area contributed by atoms with Crippen LogP contribution in [-0.2, 0) is 22.6 Å². The second-order valence-electron chi connectivity index (χ2n) is 5.50. The van der Waals surface area contributed by atoms with E-state index in [0.29, 0.717) is 31.8 Å². The number of rotatable bonds is 8. The molecule has 128 valence electrons. The monoisotopic (exact) mass is 332 g/mol. The molecule has 6 heteroatoms. The fourth-order valence-corrected chi connectivity index (χ4v) is 2.26. The van der Waals surface area contributed by atoms with Crippen LogP contribution in [0.1, 0.15) is 24.7 Å². The van der Waals surface area contributed by atoms with Crippen molar-refractivity contribution in [2.75, 3.05) is 13.1 Å². The highest BCUT2D eigenvalue weighted by atomic mass is 19.1. The molecule has 1 N–H and O–H groups in total. The van der Waals surface area contributed by atoms with Crippen LogP contribution < -0.4 is 5.32 Å². The number of benzene rings is 1. The standard InChI is InChI=1S/C18H21FN2O3/c1-14(22)21(13-17-3-2-12-24-17)11-9-18(23)20-10-8-15-4-6-16(19)7-5-15/h2-7,12H,8-11,13H2,1H3,(H,20,23). The van der Waals surface area contributed by atoms with E-state index in [0.717, 1.165) is 5.56 Å². The Kier molecular flexibility index (Phi) is 6.54. The van der Waals surface area contributed by atoms with Gasteiger partial charge in [-0.25, -0.2) is 4.39 Å². The number of furan rings is 1. The molecule has 0 spiro atoms. The Morgan fingerprint density at radius 2 is 1.96 bits per heavy atom. The second kappa shape index (κ2) is 8.86. The Labute approximate surface area is 140 Å². The van der Waals surface area contributed by atoms with Crippen LogP contribution >= 0.6 is 0 Å². The molecule has 2 rings (SSSR count). The van der Waals surface area contributed by atoms with Crippen molar-refractivity contribution in [3.8, 4) is 0 Å². The maximum absolute atomic E-state index is 12.8. The zero-order valence-corrected chi connectivity index (χ0v) is 13.6. The zero-order chi connectivity index (χ0) is 17.4. The number of hydrogen-bond acceptors (Lipinski definition) is 3. The van der Waals surface area contributed by atoms with Gasteiger partial charge in [-0.15, -0.1) is 0 Å². The Morgan fingerprint density at radius 1 is 1.21 bits per heavy atom. The molecule has 0 aliphatic carbocycles. The van der Waals surface area contributed by atoms with Gasteiger partial charge in [0.05, 0.1) is 12.8 Å². The highest BCUT2D eigenvalue weighted by molar-refractivity contribution is 5.78. The van der Waals surface area contributed by atoms with Crippen LogP contribution in [0.15, 0.2) is 47.1 Å². The quantitative estimate of drug-likeness (QED) is 0.808. The number of halogens is 1. The average molecular weight is 332 g/mol. The molecule has 0 saturated carbocycles. The van der Waals surface area contributed by atoms with Crippen LogP contribution in [0.4, 0.5) is 4.39 Å². The van der Waals surface area contributed by atoms with E-state index in [9.17, 15) is 14.0 Å². The summed E-state index contributed by atoms with van der Waals surface area (Å²) >= 11 is 0. The van der Waals surface area contributed by atoms with Crippen molar-refractivity contribution < 1.29 is 18.4 Å². The number of carbonyl (C=O) groups is 2. The normalized spacial score (nSPS) is 10.4. The van der Waals surface area contributed by atoms with Crippen LogP contribution in [0, 0.1) is 5.82 Å². The lowest BCUT2D eigenvalue weighted by atomic mass is 10.1. The summed E-state index contributed by atoms with van der Waals surface area (Å²) in [6.45, 7) is 2.63. The van der Waals surface area contributed by atoms with Gasteiger partial charge >= 0.3 is 0 Å². The maximum atomic E-state index is 12.8. The summed E-state index contributed by atoms with van der Waals surface area (Å²) in [6, 6.07) is 9.74. The Hall–Kier alpha value is -2.63. The summed E-state index contributed by atoms with van der Waals surface area (Å²) in [4.78, 5) is 25.1. The van der Waals surface area contributed by atoms with Crippen molar-refractivity contribution in [1.29, 1.82) is 0 Å². The van der Waals surface area contributed by atoms with Crippen LogP contribution in [0.2, 0.25) is 0 Å². The van der Waals surface area contributed by atoms with E-state index in [-0.39, 0.29) is 24.1 Å². The predicted octanol–water partition coefficient (Wildman–Crippen LogP) is 2.52. The highest BCUT2D eigenvalue weighted by Gasteiger charge is 2.13. The Balaban J connectivity index is 1.70. The van der Waals surface area contributed by atoms with Crippen molar-refractivity contribution in [1.82, 2.24) is 10.2 Å². The molecule has 0 radical (unpaired) electrons. The van der Waals surface area contributed by atoms with E-state index in [4.69, 9.17) is 4.42 Å². The van der Waals surface area contributed by atoms with E-state index in [2.05, 4.69) is 5.32 Å². The lowest BCUT2D eigenvalue weighted by molar-refractivity contribution is -0.130. The molecular formula is C18H21FN2O3. The summed E-state index contributed by atoms with van der Waals surface area (Å²) in [6.07, 6.45) is 2.41. The van der Waals surface area contributed by atoms with Gasteiger partial charge in [-0.05, 0) is 36.2 Å². The zero-order valence-electron chi connectivity index (χ0n) is 13.6. The van der Waals surface area contributed by atoms with Crippen molar-refractivity contribution >= 4 is 11.8 Å². The third kappa shape index (κ3) is 5.87. The molecule has 0 saturated heterocycles. The molecule has 1 aromatic carbocycles. The Bertz CT molecular complexity index is 653. The molecule has 24 heavy (non-hydrogen) atoms. The minimum absolute atomic E-state index is 0.106. The molecule has 0 aliphatic rings. The molecule has 0 atom stereocenters. The number of hydrogen-bond donors (Lipinski definition) is 1. The topological polar surface area (TPSA) is 62.6 Å². The molecule has 0 aliphatic heterocycles. The molecule has 2 amide bonds. The highest BCUT2D eigenvalue weighted by Crippen LogP contribution is 2.06. The fourth-order valence-electron chi connectivity index (χ4n) is 2.26. The van der Waals surface area contributed by atoms with Gasteiger partial charge in [-0.2, -0.15) is 0 Å². The summed E-state index contributed by atoms with van der Waals surface area (Å²) in [5, 5.41) is 2.80. The third-order valence-electron chi connectivity index (χ3n) is 3.63. The second-order valence-corrected chi connectivity index (χ2v) is 5.50. The van der Waals surface area contributed by atoms with Gasteiger partial charge in [-0.1, -0.05) is 12.1 Å². The van der Waals surface area contributed by atoms with E-state index in [1.165, 1.54) is 19.1 Å². The molecule has 1 aromatic heterocycles. The van der Waals surface area contributed by atoms with E-state index < -0.39 is 0 Å². The molecule has 0 unspecified atom stereocenters. The number of amides is 2. The summed E-state index contributed by atoms with van der Waals surface area (Å²) in [7, 11) is 0. The van der Waals surface area contributed by atoms with Gasteiger partial charge in [0.1, 0.15) is 11.6 Å². The Morgan fingerprint density at radius 3 is 2.58 bits per heavy atom. The first-order valence-corrected chi connectivity index (χ1v) is 7.83. The van der Waals surface area contributed by atoms with Crippen LogP contribution in [-0.4, -0.2) is 29.8 Å². The van der Waals surface area contributed by atoms with Gasteiger partial charge in [0, 0.05) is 26.4 Å².